The Hall–Kier alpha value is -3.85. The molecule has 7 nitrogen and oxygen atoms in total. The first kappa shape index (κ1) is 19.5. The van der Waals surface area contributed by atoms with Crippen LogP contribution in [0.25, 0.3) is 10.8 Å². The summed E-state index contributed by atoms with van der Waals surface area (Å²) in [5.74, 6) is -3.67. The van der Waals surface area contributed by atoms with E-state index in [0.717, 1.165) is 10.8 Å². The number of aromatic nitrogens is 3. The van der Waals surface area contributed by atoms with E-state index >= 15 is 0 Å². The Morgan fingerprint density at radius 2 is 1.80 bits per heavy atom. The maximum absolute atomic E-state index is 13.4. The second-order valence-electron chi connectivity index (χ2n) is 6.22. The minimum Gasteiger partial charge on any atom is -0.320 e. The van der Waals surface area contributed by atoms with Crippen LogP contribution in [-0.2, 0) is 0 Å². The quantitative estimate of drug-likeness (QED) is 0.420. The van der Waals surface area contributed by atoms with E-state index in [1.54, 1.807) is 30.6 Å². The summed E-state index contributed by atoms with van der Waals surface area (Å²) in [6, 6.07) is 9.85. The Morgan fingerprint density at radius 3 is 2.63 bits per heavy atom. The highest BCUT2D eigenvalue weighted by molar-refractivity contribution is 6.34. The molecule has 0 fully saturated rings. The number of nitrogens with zero attached hydrogens (tertiary/aromatic N) is 2. The number of benzene rings is 2. The lowest BCUT2D eigenvalue weighted by atomic mass is 10.1. The Kier molecular flexibility index (Phi) is 5.11. The van der Waals surface area contributed by atoms with E-state index in [1.165, 1.54) is 6.07 Å². The second kappa shape index (κ2) is 7.88. The molecule has 2 amide bonds. The lowest BCUT2D eigenvalue weighted by molar-refractivity contribution is 0.101. The van der Waals surface area contributed by atoms with Gasteiger partial charge in [0.25, 0.3) is 11.8 Å². The molecule has 30 heavy (non-hydrogen) atoms. The number of hydrogen-bond acceptors (Lipinski definition) is 4. The maximum Gasteiger partial charge on any atom is 0.273 e. The van der Waals surface area contributed by atoms with Crippen LogP contribution >= 0.6 is 11.6 Å². The summed E-state index contributed by atoms with van der Waals surface area (Å²) < 4.78 is 26.6. The van der Waals surface area contributed by atoms with Crippen LogP contribution in [0.5, 0.6) is 0 Å². The number of nitrogens with one attached hydrogen (secondary N) is 3. The Labute approximate surface area is 173 Å². The number of hydrogen-bond donors (Lipinski definition) is 3. The maximum atomic E-state index is 13.4. The SMILES string of the molecule is O=C(Nc1cccc2cnccc12)c1cc(NC(=O)c2cc(F)c(F)cc2Cl)n[nH]1. The molecule has 2 aromatic heterocycles. The molecule has 10 heteroatoms. The molecule has 0 saturated carbocycles. The Morgan fingerprint density at radius 1 is 1.00 bits per heavy atom. The first-order chi connectivity index (χ1) is 14.4. The van der Waals surface area contributed by atoms with Crippen LogP contribution in [0.1, 0.15) is 20.8 Å². The molecule has 4 rings (SSSR count). The van der Waals surface area contributed by atoms with Gasteiger partial charge in [0.1, 0.15) is 5.69 Å². The van der Waals surface area contributed by atoms with Crippen molar-refractivity contribution in [2.75, 3.05) is 10.6 Å². The number of carbonyl (C=O) groups is 2. The number of halogens is 3. The van der Waals surface area contributed by atoms with Crippen molar-refractivity contribution in [2.45, 2.75) is 0 Å². The van der Waals surface area contributed by atoms with Crippen molar-refractivity contribution < 1.29 is 18.4 Å². The number of fused-ring (bicyclic) bond motifs is 1. The van der Waals surface area contributed by atoms with Crippen LogP contribution in [0.15, 0.2) is 54.9 Å². The first-order valence-electron chi connectivity index (χ1n) is 8.58. The van der Waals surface area contributed by atoms with Crippen molar-refractivity contribution >= 4 is 45.7 Å². The van der Waals surface area contributed by atoms with E-state index in [0.29, 0.717) is 17.8 Å². The number of rotatable bonds is 4. The second-order valence-corrected chi connectivity index (χ2v) is 6.63. The van der Waals surface area contributed by atoms with Crippen molar-refractivity contribution in [2.24, 2.45) is 0 Å². The molecule has 3 N–H and O–H groups in total. The molecule has 0 aliphatic heterocycles. The molecular formula is C20H12ClF2N5O2. The van der Waals surface area contributed by atoms with Gasteiger partial charge in [-0.2, -0.15) is 5.10 Å². The van der Waals surface area contributed by atoms with Gasteiger partial charge in [0.2, 0.25) is 0 Å². The molecule has 0 bridgehead atoms. The van der Waals surface area contributed by atoms with E-state index in [4.69, 9.17) is 11.6 Å². The van der Waals surface area contributed by atoms with Crippen molar-refractivity contribution in [1.29, 1.82) is 0 Å². The molecule has 0 saturated heterocycles. The summed E-state index contributed by atoms with van der Waals surface area (Å²) in [6.07, 6.45) is 3.30. The smallest absolute Gasteiger partial charge is 0.273 e. The van der Waals surface area contributed by atoms with Gasteiger partial charge in [-0.25, -0.2) is 8.78 Å². The van der Waals surface area contributed by atoms with Crippen LogP contribution in [0.3, 0.4) is 0 Å². The van der Waals surface area contributed by atoms with Gasteiger partial charge in [0.05, 0.1) is 10.6 Å². The fourth-order valence-electron chi connectivity index (χ4n) is 2.80. The number of H-pyrrole nitrogens is 1. The highest BCUT2D eigenvalue weighted by atomic mass is 35.5. The molecular weight excluding hydrogens is 416 g/mol. The third-order valence-electron chi connectivity index (χ3n) is 4.25. The van der Waals surface area contributed by atoms with Crippen LogP contribution < -0.4 is 10.6 Å². The van der Waals surface area contributed by atoms with Crippen molar-refractivity contribution in [3.63, 3.8) is 0 Å². The van der Waals surface area contributed by atoms with Crippen molar-refractivity contribution in [3.8, 4) is 0 Å². The fraction of sp³-hybridized carbons (Fsp3) is 0. The fourth-order valence-corrected chi connectivity index (χ4v) is 3.04. The summed E-state index contributed by atoms with van der Waals surface area (Å²) in [5, 5.41) is 12.9. The zero-order valence-electron chi connectivity index (χ0n) is 15.0. The molecule has 0 aliphatic rings. The average molecular weight is 428 g/mol. The van der Waals surface area contributed by atoms with Crippen LogP contribution in [0.4, 0.5) is 20.3 Å². The number of anilines is 2. The Balaban J connectivity index is 1.50. The summed E-state index contributed by atoms with van der Waals surface area (Å²) >= 11 is 5.79. The van der Waals surface area contributed by atoms with Gasteiger partial charge in [-0.05, 0) is 24.3 Å². The number of pyridine rings is 1. The van der Waals surface area contributed by atoms with Gasteiger partial charge in [-0.15, -0.1) is 0 Å². The number of carbonyl (C=O) groups excluding carboxylic acids is 2. The third-order valence-corrected chi connectivity index (χ3v) is 4.56. The predicted molar refractivity (Wildman–Crippen MR) is 108 cm³/mol. The third kappa shape index (κ3) is 3.83. The van der Waals surface area contributed by atoms with Crippen LogP contribution in [0.2, 0.25) is 5.02 Å². The molecule has 2 heterocycles. The van der Waals surface area contributed by atoms with E-state index < -0.39 is 23.4 Å². The van der Waals surface area contributed by atoms with E-state index in [9.17, 15) is 18.4 Å². The monoisotopic (exact) mass is 427 g/mol. The minimum absolute atomic E-state index is 0.00747. The summed E-state index contributed by atoms with van der Waals surface area (Å²) in [7, 11) is 0. The molecule has 0 atom stereocenters. The lowest BCUT2D eigenvalue weighted by Crippen LogP contribution is -2.14. The van der Waals surface area contributed by atoms with Crippen molar-refractivity contribution in [3.05, 3.63) is 82.8 Å². The largest absolute Gasteiger partial charge is 0.320 e. The van der Waals surface area contributed by atoms with Crippen LogP contribution in [0, 0.1) is 11.6 Å². The standard InChI is InChI=1S/C20H12ClF2N5O2/c21-13-7-15(23)14(22)6-12(13)19(29)26-18-8-17(27-28-18)20(30)25-16-3-1-2-10-9-24-5-4-11(10)16/h1-9H,(H,25,30)(H2,26,27,28,29). The predicted octanol–water partition coefficient (Wildman–Crippen LogP) is 4.39. The normalized spacial score (nSPS) is 10.8. The van der Waals surface area contributed by atoms with Gasteiger partial charge in [-0.3, -0.25) is 19.7 Å². The van der Waals surface area contributed by atoms with Gasteiger partial charge in [0.15, 0.2) is 17.5 Å². The van der Waals surface area contributed by atoms with E-state index in [1.807, 2.05) is 6.07 Å². The van der Waals surface area contributed by atoms with Gasteiger partial charge >= 0.3 is 0 Å². The Bertz CT molecular complexity index is 1290. The molecule has 0 radical (unpaired) electrons. The lowest BCUT2D eigenvalue weighted by Gasteiger charge is -2.07. The topological polar surface area (TPSA) is 99.8 Å². The zero-order valence-corrected chi connectivity index (χ0v) is 15.8. The van der Waals surface area contributed by atoms with Crippen LogP contribution in [-0.4, -0.2) is 27.0 Å². The van der Waals surface area contributed by atoms with E-state index in [-0.39, 0.29) is 22.1 Å². The molecule has 0 unspecified atom stereocenters. The molecule has 0 aliphatic carbocycles. The highest BCUT2D eigenvalue weighted by Gasteiger charge is 2.17. The molecule has 2 aromatic carbocycles. The van der Waals surface area contributed by atoms with Gasteiger partial charge in [-0.1, -0.05) is 23.7 Å². The summed E-state index contributed by atoms with van der Waals surface area (Å²) in [4.78, 5) is 28.9. The molecule has 150 valence electrons. The number of amides is 2. The van der Waals surface area contributed by atoms with E-state index in [2.05, 4.69) is 25.8 Å². The van der Waals surface area contributed by atoms with Crippen molar-refractivity contribution in [1.82, 2.24) is 15.2 Å². The first-order valence-corrected chi connectivity index (χ1v) is 8.95. The summed E-state index contributed by atoms with van der Waals surface area (Å²) in [5.41, 5.74) is 0.385. The average Bonchev–Trinajstić information content (AvgIpc) is 3.19. The molecule has 0 spiro atoms. The minimum atomic E-state index is -1.21. The van der Waals surface area contributed by atoms with Gasteiger partial charge in [0, 0.05) is 34.9 Å². The van der Waals surface area contributed by atoms with Gasteiger partial charge < -0.3 is 10.6 Å². The summed E-state index contributed by atoms with van der Waals surface area (Å²) in [6.45, 7) is 0. The number of aromatic amines is 1. The molecule has 4 aromatic rings. The highest BCUT2D eigenvalue weighted by Crippen LogP contribution is 2.23. The zero-order chi connectivity index (χ0) is 21.3.